The van der Waals surface area contributed by atoms with Gasteiger partial charge in [0, 0.05) is 74.0 Å². The van der Waals surface area contributed by atoms with Crippen molar-refractivity contribution in [3.8, 4) is 11.4 Å². The van der Waals surface area contributed by atoms with Crippen LogP contribution in [0, 0.1) is 13.8 Å². The third-order valence-electron chi connectivity index (χ3n) is 13.8. The minimum Gasteiger partial charge on any atom is -0.454 e. The van der Waals surface area contributed by atoms with Crippen LogP contribution in [0.2, 0.25) is 0 Å². The van der Waals surface area contributed by atoms with Gasteiger partial charge in [-0.25, -0.2) is 0 Å². The van der Waals surface area contributed by atoms with Gasteiger partial charge in [0.05, 0.1) is 33.4 Å². The van der Waals surface area contributed by atoms with Crippen LogP contribution in [-0.4, -0.2) is 9.13 Å². The molecule has 4 nitrogen and oxygen atoms in total. The summed E-state index contributed by atoms with van der Waals surface area (Å²) in [6.45, 7) is 4.38. The molecule has 0 saturated carbocycles. The molecule has 10 aromatic carbocycles. The molecule has 15 rings (SSSR count). The fourth-order valence-corrected chi connectivity index (χ4v) is 12.4. The molecule has 0 amide bonds. The smallest absolute Gasteiger partial charge is 0.159 e. The Morgan fingerprint density at radius 2 is 0.746 bits per heavy atom. The van der Waals surface area contributed by atoms with Crippen molar-refractivity contribution in [3.05, 3.63) is 181 Å². The summed E-state index contributed by atoms with van der Waals surface area (Å²) in [5, 5.41) is 17.0. The minimum absolute atomic E-state index is 0.890. The number of hydrogen-bond acceptors (Lipinski definition) is 3. The molecule has 0 unspecified atom stereocenters. The van der Waals surface area contributed by atoms with Gasteiger partial charge in [0.25, 0.3) is 0 Å². The van der Waals surface area contributed by atoms with E-state index in [0.717, 1.165) is 77.3 Å². The number of hydrogen-bond donors (Lipinski definition) is 0. The van der Waals surface area contributed by atoms with Crippen molar-refractivity contribution < 1.29 is 8.83 Å². The van der Waals surface area contributed by atoms with Gasteiger partial charge in [-0.15, -0.1) is 11.3 Å². The maximum Gasteiger partial charge on any atom is 0.159 e. The van der Waals surface area contributed by atoms with Gasteiger partial charge in [0.15, 0.2) is 11.2 Å². The van der Waals surface area contributed by atoms with Gasteiger partial charge in [-0.3, -0.25) is 0 Å². The van der Waals surface area contributed by atoms with Crippen LogP contribution in [0.4, 0.5) is 0 Å². The quantitative estimate of drug-likeness (QED) is 0.129. The molecule has 294 valence electrons. The van der Waals surface area contributed by atoms with E-state index in [0.29, 0.717) is 0 Å². The van der Waals surface area contributed by atoms with Crippen molar-refractivity contribution in [1.82, 2.24) is 9.13 Å². The Kier molecular flexibility index (Phi) is 6.41. The van der Waals surface area contributed by atoms with Gasteiger partial charge < -0.3 is 18.0 Å². The molecular weight excluding hydrogens is 789 g/mol. The van der Waals surface area contributed by atoms with Crippen LogP contribution in [0.5, 0.6) is 0 Å². The molecule has 0 N–H and O–H groups in total. The lowest BCUT2D eigenvalue weighted by molar-refractivity contribution is 0.666. The summed E-state index contributed by atoms with van der Waals surface area (Å²) in [5.74, 6) is 0. The molecule has 63 heavy (non-hydrogen) atoms. The highest BCUT2D eigenvalue weighted by Crippen LogP contribution is 2.50. The van der Waals surface area contributed by atoms with Crippen LogP contribution in [0.3, 0.4) is 0 Å². The third-order valence-corrected chi connectivity index (χ3v) is 15.1. The molecule has 0 aliphatic carbocycles. The first-order valence-electron chi connectivity index (χ1n) is 21.6. The highest BCUT2D eigenvalue weighted by Gasteiger charge is 2.24. The van der Waals surface area contributed by atoms with E-state index in [9.17, 15) is 0 Å². The molecule has 0 fully saturated rings. The highest BCUT2D eigenvalue weighted by molar-refractivity contribution is 7.27. The maximum absolute atomic E-state index is 6.79. The lowest BCUT2D eigenvalue weighted by Gasteiger charge is -2.20. The van der Waals surface area contributed by atoms with Crippen molar-refractivity contribution in [2.75, 3.05) is 0 Å². The van der Waals surface area contributed by atoms with Crippen LogP contribution in [0.25, 0.3) is 141 Å². The normalized spacial score (nSPS) is 12.6. The van der Waals surface area contributed by atoms with E-state index in [4.69, 9.17) is 8.83 Å². The molecule has 0 saturated heterocycles. The van der Waals surface area contributed by atoms with Crippen LogP contribution in [-0.2, 0) is 0 Å². The predicted octanol–water partition coefficient (Wildman–Crippen LogP) is 17.0. The number of para-hydroxylation sites is 4. The SMILES string of the molecule is Cc1ccc2c3cccc4c5sc6c(cc7c8c(cccc68)c6ccc(C)cc6n7-c6cccc7c6oc6ccccc67)c5cc(c34)n(-c3cccc4c3oc3ccccc34)c2c1. The van der Waals surface area contributed by atoms with Crippen molar-refractivity contribution in [1.29, 1.82) is 0 Å². The third kappa shape index (κ3) is 4.34. The van der Waals surface area contributed by atoms with E-state index in [-0.39, 0.29) is 0 Å². The summed E-state index contributed by atoms with van der Waals surface area (Å²) >= 11 is 1.92. The summed E-state index contributed by atoms with van der Waals surface area (Å²) in [4.78, 5) is 0. The lowest BCUT2D eigenvalue weighted by atomic mass is 9.94. The van der Waals surface area contributed by atoms with Gasteiger partial charge in [0.1, 0.15) is 11.2 Å². The average molecular weight is 823 g/mol. The molecule has 5 heterocycles. The number of thiophene rings is 1. The summed E-state index contributed by atoms with van der Waals surface area (Å²) in [6.07, 6.45) is 0. The van der Waals surface area contributed by atoms with Crippen LogP contribution < -0.4 is 0 Å². The van der Waals surface area contributed by atoms with E-state index in [2.05, 4.69) is 193 Å². The molecule has 0 bridgehead atoms. The topological polar surface area (TPSA) is 36.1 Å². The summed E-state index contributed by atoms with van der Waals surface area (Å²) < 4.78 is 21.1. The average Bonchev–Trinajstić information content (AvgIpc) is 4.01. The fraction of sp³-hybridized carbons (Fsp3) is 0.0345. The Bertz CT molecular complexity index is 4240. The second-order valence-corrected chi connectivity index (χ2v) is 18.3. The Balaban J connectivity index is 1.15. The largest absolute Gasteiger partial charge is 0.454 e. The zero-order chi connectivity index (χ0) is 41.2. The minimum atomic E-state index is 0.890. The van der Waals surface area contributed by atoms with Crippen molar-refractivity contribution in [2.24, 2.45) is 0 Å². The van der Waals surface area contributed by atoms with Crippen molar-refractivity contribution in [2.45, 2.75) is 13.8 Å². The summed E-state index contributed by atoms with van der Waals surface area (Å²) in [6, 6.07) is 62.4. The Labute approximate surface area is 363 Å². The van der Waals surface area contributed by atoms with Gasteiger partial charge in [-0.2, -0.15) is 0 Å². The molecule has 0 atom stereocenters. The predicted molar refractivity (Wildman–Crippen MR) is 267 cm³/mol. The molecule has 15 aromatic rings. The Morgan fingerprint density at radius 1 is 0.333 bits per heavy atom. The molecular formula is C58H34N2O2S. The standard InChI is InChI=1S/C58H34N2O2S/c1-31-23-25-33-37-13-7-17-41-53(37)49(59(47(33)27-31)45-19-9-15-39-35-11-3-5-21-51(35)61-55(39)45)29-43-44-30-50-54-38(14-8-18-42(54)58(44)63-57(41)43)34-26-24-32(2)28-48(34)60(50)46-20-10-16-40-36-12-4-6-22-52(36)62-56(40)46/h3-30H,1-2H3. The number of benzene rings is 10. The number of pyridine rings is 2. The van der Waals surface area contributed by atoms with Gasteiger partial charge in [-0.1, -0.05) is 121 Å². The summed E-state index contributed by atoms with van der Waals surface area (Å²) in [5.41, 5.74) is 12.7. The van der Waals surface area contributed by atoms with E-state index in [1.54, 1.807) is 0 Å². The van der Waals surface area contributed by atoms with Gasteiger partial charge in [-0.05, 0) is 84.3 Å². The molecule has 5 aromatic heterocycles. The number of furan rings is 2. The second kappa shape index (κ2) is 11.9. The number of rotatable bonds is 2. The van der Waals surface area contributed by atoms with E-state index < -0.39 is 0 Å². The van der Waals surface area contributed by atoms with Gasteiger partial charge in [0.2, 0.25) is 0 Å². The summed E-state index contributed by atoms with van der Waals surface area (Å²) in [7, 11) is 0. The van der Waals surface area contributed by atoms with E-state index in [1.165, 1.54) is 74.4 Å². The fourth-order valence-electron chi connectivity index (χ4n) is 11.1. The molecule has 0 aliphatic rings. The van der Waals surface area contributed by atoms with E-state index in [1.807, 2.05) is 11.3 Å². The highest BCUT2D eigenvalue weighted by atomic mass is 32.1. The first-order valence-corrected chi connectivity index (χ1v) is 22.4. The van der Waals surface area contributed by atoms with E-state index >= 15 is 0 Å². The lowest BCUT2D eigenvalue weighted by Crippen LogP contribution is -2.02. The van der Waals surface area contributed by atoms with Crippen molar-refractivity contribution in [3.63, 3.8) is 0 Å². The van der Waals surface area contributed by atoms with Crippen molar-refractivity contribution >= 4 is 141 Å². The maximum atomic E-state index is 6.79. The van der Waals surface area contributed by atoms with Crippen LogP contribution in [0.15, 0.2) is 179 Å². The first-order chi connectivity index (χ1) is 31.1. The van der Waals surface area contributed by atoms with Crippen LogP contribution >= 0.6 is 11.3 Å². The Hall–Kier alpha value is -7.86. The molecule has 0 aliphatic heterocycles. The molecule has 0 radical (unpaired) electrons. The Morgan fingerprint density at radius 3 is 1.24 bits per heavy atom. The monoisotopic (exact) mass is 822 g/mol. The number of fused-ring (bicyclic) bond motifs is 15. The number of aromatic nitrogens is 2. The second-order valence-electron chi connectivity index (χ2n) is 17.3. The number of aryl methyl sites for hydroxylation is 2. The van der Waals surface area contributed by atoms with Gasteiger partial charge >= 0.3 is 0 Å². The molecule has 5 heteroatoms. The zero-order valence-electron chi connectivity index (χ0n) is 34.3. The zero-order valence-corrected chi connectivity index (χ0v) is 35.1. The first kappa shape index (κ1) is 33.8. The number of nitrogens with zero attached hydrogens (tertiary/aromatic N) is 2. The molecule has 0 spiro atoms. The van der Waals surface area contributed by atoms with Crippen LogP contribution in [0.1, 0.15) is 11.1 Å².